The number of rotatable bonds is 3. The molecule has 3 atom stereocenters. The molecule has 2 aromatic rings. The van der Waals surface area contributed by atoms with E-state index in [1.807, 2.05) is 31.4 Å². The molecule has 29 heavy (non-hydrogen) atoms. The van der Waals surface area contributed by atoms with Crippen LogP contribution in [0.2, 0.25) is 0 Å². The summed E-state index contributed by atoms with van der Waals surface area (Å²) in [6.07, 6.45) is 6.39. The van der Waals surface area contributed by atoms with Crippen LogP contribution < -0.4 is 10.4 Å². The van der Waals surface area contributed by atoms with Crippen LogP contribution in [0.25, 0.3) is 0 Å². The van der Waals surface area contributed by atoms with Crippen LogP contribution in [0.15, 0.2) is 30.6 Å². The van der Waals surface area contributed by atoms with E-state index in [9.17, 15) is 9.18 Å². The van der Waals surface area contributed by atoms with Crippen molar-refractivity contribution in [2.75, 3.05) is 31.2 Å². The lowest BCUT2D eigenvalue weighted by molar-refractivity contribution is 0.0656. The van der Waals surface area contributed by atoms with Crippen LogP contribution in [0.4, 0.5) is 15.9 Å². The maximum absolute atomic E-state index is 13.1. The molecule has 4 heterocycles. The standard InChI is InChI=1S/C22H26FN5O/c1-26-6-4-17(9-20(26)24)28-13-16-8-18(16)19-7-15(11-25-21(19)28)22(29)27-5-2-3-14(10-23)12-27/h4,6-7,9,11,14,16,18,24H,2-3,5,8,10,12-13H2,1H3. The van der Waals surface area contributed by atoms with Gasteiger partial charge in [-0.3, -0.25) is 14.6 Å². The first-order valence-corrected chi connectivity index (χ1v) is 10.4. The summed E-state index contributed by atoms with van der Waals surface area (Å²) in [6.45, 7) is 1.73. The van der Waals surface area contributed by atoms with Gasteiger partial charge < -0.3 is 14.4 Å². The lowest BCUT2D eigenvalue weighted by atomic mass is 9.98. The van der Waals surface area contributed by atoms with E-state index in [0.717, 1.165) is 42.9 Å². The zero-order valence-electron chi connectivity index (χ0n) is 16.6. The van der Waals surface area contributed by atoms with Crippen molar-refractivity contribution in [1.82, 2.24) is 14.5 Å². The first-order valence-electron chi connectivity index (χ1n) is 10.4. The molecule has 1 saturated carbocycles. The fourth-order valence-electron chi connectivity index (χ4n) is 4.75. The fourth-order valence-corrected chi connectivity index (χ4v) is 4.75. The highest BCUT2D eigenvalue weighted by Crippen LogP contribution is 2.55. The summed E-state index contributed by atoms with van der Waals surface area (Å²) in [4.78, 5) is 21.7. The number of alkyl halides is 1. The molecule has 2 fully saturated rings. The Balaban J connectivity index is 1.46. The predicted molar refractivity (Wildman–Crippen MR) is 108 cm³/mol. The predicted octanol–water partition coefficient (Wildman–Crippen LogP) is 2.98. The summed E-state index contributed by atoms with van der Waals surface area (Å²) in [7, 11) is 1.86. The Kier molecular flexibility index (Phi) is 4.41. The van der Waals surface area contributed by atoms with Crippen molar-refractivity contribution < 1.29 is 9.18 Å². The summed E-state index contributed by atoms with van der Waals surface area (Å²) in [6, 6.07) is 5.87. The molecule has 3 aliphatic rings. The molecule has 152 valence electrons. The number of amides is 1. The molecule has 1 saturated heterocycles. The molecular formula is C22H26FN5O. The number of aromatic nitrogens is 2. The molecule has 1 N–H and O–H groups in total. The Morgan fingerprint density at radius 3 is 3.00 bits per heavy atom. The molecule has 2 aliphatic heterocycles. The number of hydrogen-bond acceptors (Lipinski definition) is 4. The number of likely N-dealkylation sites (tertiary alicyclic amines) is 1. The largest absolute Gasteiger partial charge is 0.338 e. The first kappa shape index (κ1) is 18.3. The summed E-state index contributed by atoms with van der Waals surface area (Å²) in [5.41, 5.74) is 3.15. The van der Waals surface area contributed by atoms with Gasteiger partial charge in [-0.15, -0.1) is 0 Å². The van der Waals surface area contributed by atoms with Gasteiger partial charge in [0.15, 0.2) is 0 Å². The summed E-state index contributed by atoms with van der Waals surface area (Å²) in [5.74, 6) is 1.86. The van der Waals surface area contributed by atoms with E-state index < -0.39 is 0 Å². The highest BCUT2D eigenvalue weighted by atomic mass is 19.1. The van der Waals surface area contributed by atoms with E-state index in [4.69, 9.17) is 10.4 Å². The van der Waals surface area contributed by atoms with E-state index in [1.54, 1.807) is 15.7 Å². The zero-order chi connectivity index (χ0) is 20.1. The fraction of sp³-hybridized carbons (Fsp3) is 0.500. The van der Waals surface area contributed by atoms with Crippen molar-refractivity contribution in [3.8, 4) is 0 Å². The average Bonchev–Trinajstić information content (AvgIpc) is 3.54. The van der Waals surface area contributed by atoms with E-state index in [-0.39, 0.29) is 18.5 Å². The van der Waals surface area contributed by atoms with Crippen molar-refractivity contribution >= 4 is 17.4 Å². The highest BCUT2D eigenvalue weighted by Gasteiger charge is 2.46. The number of pyridine rings is 2. The van der Waals surface area contributed by atoms with Gasteiger partial charge in [0.05, 0.1) is 12.2 Å². The number of aryl methyl sites for hydroxylation is 1. The van der Waals surface area contributed by atoms with Gasteiger partial charge in [-0.2, -0.15) is 0 Å². The number of nitrogens with zero attached hydrogens (tertiary/aromatic N) is 4. The topological polar surface area (TPSA) is 65.2 Å². The third-order valence-corrected chi connectivity index (χ3v) is 6.61. The molecule has 7 heteroatoms. The molecule has 6 nitrogen and oxygen atoms in total. The lowest BCUT2D eigenvalue weighted by Gasteiger charge is -2.32. The third kappa shape index (κ3) is 3.22. The Bertz CT molecular complexity index is 1020. The van der Waals surface area contributed by atoms with Crippen LogP contribution in [-0.2, 0) is 7.05 Å². The second-order valence-electron chi connectivity index (χ2n) is 8.64. The number of fused-ring (bicyclic) bond motifs is 3. The molecule has 2 aromatic heterocycles. The molecule has 0 radical (unpaired) electrons. The van der Waals surface area contributed by atoms with E-state index in [0.29, 0.717) is 36.0 Å². The quantitative estimate of drug-likeness (QED) is 0.869. The van der Waals surface area contributed by atoms with E-state index >= 15 is 0 Å². The van der Waals surface area contributed by atoms with Gasteiger partial charge >= 0.3 is 0 Å². The van der Waals surface area contributed by atoms with Crippen molar-refractivity contribution in [2.24, 2.45) is 18.9 Å². The minimum absolute atomic E-state index is 0.0343. The number of hydrogen-bond donors (Lipinski definition) is 1. The second-order valence-corrected chi connectivity index (χ2v) is 8.64. The number of piperidine rings is 1. The van der Waals surface area contributed by atoms with Gasteiger partial charge in [-0.1, -0.05) is 0 Å². The molecule has 1 amide bonds. The Morgan fingerprint density at radius 1 is 1.34 bits per heavy atom. The van der Waals surface area contributed by atoms with Gasteiger partial charge in [0.1, 0.15) is 11.3 Å². The maximum atomic E-state index is 13.1. The normalized spacial score (nSPS) is 25.4. The third-order valence-electron chi connectivity index (χ3n) is 6.61. The molecule has 0 spiro atoms. The molecule has 1 aliphatic carbocycles. The van der Waals surface area contributed by atoms with E-state index in [1.165, 1.54) is 0 Å². The number of carbonyl (C=O) groups excluding carboxylic acids is 1. The first-order chi connectivity index (χ1) is 14.0. The molecular weight excluding hydrogens is 369 g/mol. The average molecular weight is 395 g/mol. The monoisotopic (exact) mass is 395 g/mol. The van der Waals surface area contributed by atoms with Gasteiger partial charge in [-0.25, -0.2) is 4.98 Å². The van der Waals surface area contributed by atoms with Crippen LogP contribution in [-0.4, -0.2) is 46.7 Å². The van der Waals surface area contributed by atoms with Crippen LogP contribution in [0, 0.1) is 17.2 Å². The van der Waals surface area contributed by atoms with Crippen LogP contribution in [0.5, 0.6) is 0 Å². The van der Waals surface area contributed by atoms with Gasteiger partial charge in [0.25, 0.3) is 5.91 Å². The maximum Gasteiger partial charge on any atom is 0.255 e. The Labute approximate surface area is 169 Å². The number of nitrogens with one attached hydrogen (secondary N) is 1. The Morgan fingerprint density at radius 2 is 2.21 bits per heavy atom. The smallest absolute Gasteiger partial charge is 0.255 e. The molecule has 3 unspecified atom stereocenters. The van der Waals surface area contributed by atoms with Crippen molar-refractivity contribution in [3.05, 3.63) is 47.2 Å². The highest BCUT2D eigenvalue weighted by molar-refractivity contribution is 5.94. The van der Waals surface area contributed by atoms with Crippen LogP contribution >= 0.6 is 0 Å². The minimum atomic E-state index is -0.363. The number of anilines is 2. The Hall–Kier alpha value is -2.70. The zero-order valence-corrected chi connectivity index (χ0v) is 16.6. The van der Waals surface area contributed by atoms with Gasteiger partial charge in [-0.05, 0) is 48.8 Å². The van der Waals surface area contributed by atoms with E-state index in [2.05, 4.69) is 4.90 Å². The minimum Gasteiger partial charge on any atom is -0.338 e. The summed E-state index contributed by atoms with van der Waals surface area (Å²) >= 11 is 0. The van der Waals surface area contributed by atoms with Crippen molar-refractivity contribution in [3.63, 3.8) is 0 Å². The van der Waals surface area contributed by atoms with Crippen molar-refractivity contribution in [2.45, 2.75) is 25.2 Å². The molecule has 5 rings (SSSR count). The van der Waals surface area contributed by atoms with Crippen LogP contribution in [0.1, 0.15) is 41.1 Å². The molecule has 0 aromatic carbocycles. The number of halogens is 1. The van der Waals surface area contributed by atoms with Crippen LogP contribution in [0.3, 0.4) is 0 Å². The second kappa shape index (κ2) is 6.97. The summed E-state index contributed by atoms with van der Waals surface area (Å²) in [5, 5.41) is 8.10. The van der Waals surface area contributed by atoms with Gasteiger partial charge in [0, 0.05) is 56.7 Å². The summed E-state index contributed by atoms with van der Waals surface area (Å²) < 4.78 is 14.9. The number of carbonyl (C=O) groups is 1. The van der Waals surface area contributed by atoms with Crippen molar-refractivity contribution in [1.29, 1.82) is 5.41 Å². The lowest BCUT2D eigenvalue weighted by Crippen LogP contribution is -2.40. The SMILES string of the molecule is Cn1ccc(N2CC3CC3c3cc(C(=O)N4CCCC(CF)C4)cnc32)cc1=N. The molecule has 0 bridgehead atoms. The van der Waals surface area contributed by atoms with Gasteiger partial charge in [0.2, 0.25) is 0 Å².